The number of nitrogens with one attached hydrogen (secondary N) is 1. The number of aryl methyl sites for hydroxylation is 1. The number of unbranched alkanes of at least 4 members (excludes halogenated alkanes) is 9. The van der Waals surface area contributed by atoms with Gasteiger partial charge in [-0.25, -0.2) is 5.48 Å². The third kappa shape index (κ3) is 9.56. The maximum absolute atomic E-state index is 9.65. The number of hydrogen-bond acceptors (Lipinski definition) is 3. The van der Waals surface area contributed by atoms with Crippen LogP contribution < -0.4 is 10.3 Å². The smallest absolute Gasteiger partial charge is 0.162 e. The van der Waals surface area contributed by atoms with Crippen LogP contribution in [-0.2, 0) is 6.42 Å². The van der Waals surface area contributed by atoms with Gasteiger partial charge in [-0.2, -0.15) is 0 Å². The van der Waals surface area contributed by atoms with Crippen molar-refractivity contribution in [1.82, 2.24) is 5.48 Å². The Hall–Kier alpha value is -2.42. The van der Waals surface area contributed by atoms with E-state index in [-0.39, 0.29) is 0 Å². The summed E-state index contributed by atoms with van der Waals surface area (Å²) in [6, 6.07) is 15.6. The van der Waals surface area contributed by atoms with Crippen molar-refractivity contribution in [2.45, 2.75) is 77.6 Å². The van der Waals surface area contributed by atoms with Gasteiger partial charge < -0.3 is 9.94 Å². The molecule has 29 heavy (non-hydrogen) atoms. The van der Waals surface area contributed by atoms with E-state index >= 15 is 0 Å². The maximum Gasteiger partial charge on any atom is 0.162 e. The van der Waals surface area contributed by atoms with Crippen molar-refractivity contribution in [3.8, 4) is 11.5 Å². The fourth-order valence-electron chi connectivity index (χ4n) is 3.46. The minimum atomic E-state index is 0.457. The van der Waals surface area contributed by atoms with E-state index in [1.165, 1.54) is 64.2 Å². The second-order valence-electron chi connectivity index (χ2n) is 7.65. The molecule has 0 bridgehead atoms. The number of fused-ring (bicyclic) bond motifs is 1. The van der Waals surface area contributed by atoms with Crippen molar-refractivity contribution in [3.05, 3.63) is 65.9 Å². The summed E-state index contributed by atoms with van der Waals surface area (Å²) in [6.45, 7) is 2.27. The number of hydrogen-bond donors (Lipinski definition) is 2. The third-order valence-corrected chi connectivity index (χ3v) is 5.21. The van der Waals surface area contributed by atoms with E-state index in [0.29, 0.717) is 5.75 Å². The van der Waals surface area contributed by atoms with Crippen LogP contribution in [0.4, 0.5) is 0 Å². The van der Waals surface area contributed by atoms with Crippen LogP contribution in [-0.4, -0.2) is 5.11 Å². The molecule has 1 heterocycles. The van der Waals surface area contributed by atoms with Gasteiger partial charge in [0, 0.05) is 11.8 Å². The highest BCUT2D eigenvalue weighted by Crippen LogP contribution is 2.20. The maximum atomic E-state index is 9.65. The van der Waals surface area contributed by atoms with Gasteiger partial charge in [0.1, 0.15) is 5.75 Å². The molecule has 0 atom stereocenters. The zero-order chi connectivity index (χ0) is 20.6. The lowest BCUT2D eigenvalue weighted by molar-refractivity contribution is 0.239. The topological polar surface area (TPSA) is 41.5 Å². The van der Waals surface area contributed by atoms with Crippen molar-refractivity contribution >= 4 is 6.08 Å². The van der Waals surface area contributed by atoms with Gasteiger partial charge in [0.05, 0.1) is 0 Å². The van der Waals surface area contributed by atoms with Gasteiger partial charge in [0.15, 0.2) is 5.75 Å². The molecule has 0 aromatic heterocycles. The van der Waals surface area contributed by atoms with Gasteiger partial charge in [-0.1, -0.05) is 101 Å². The van der Waals surface area contributed by atoms with Crippen molar-refractivity contribution in [2.24, 2.45) is 0 Å². The summed E-state index contributed by atoms with van der Waals surface area (Å²) in [5.41, 5.74) is 4.87. The van der Waals surface area contributed by atoms with Crippen LogP contribution >= 0.6 is 0 Å². The highest BCUT2D eigenvalue weighted by atomic mass is 16.6. The molecule has 3 nitrogen and oxygen atoms in total. The first kappa shape index (κ1) is 22.9. The summed E-state index contributed by atoms with van der Waals surface area (Å²) in [6.07, 6.45) is 18.4. The molecule has 2 aromatic rings. The molecular formula is C26H37NO2. The van der Waals surface area contributed by atoms with Crippen LogP contribution in [0.5, 0.6) is 11.5 Å². The molecule has 0 amide bonds. The Morgan fingerprint density at radius 1 is 0.759 bits per heavy atom. The minimum absolute atomic E-state index is 0.457. The predicted octanol–water partition coefficient (Wildman–Crippen LogP) is 7.41. The molecule has 1 aliphatic heterocycles. The highest BCUT2D eigenvalue weighted by molar-refractivity contribution is 5.57. The SMILES string of the molecule is C1=Cc2ccccc2ON1.CCCCCCCCCCCCc1ccccc1O. The fraction of sp³-hybridized carbons (Fsp3) is 0.462. The summed E-state index contributed by atoms with van der Waals surface area (Å²) in [5, 5.41) is 9.65. The predicted molar refractivity (Wildman–Crippen MR) is 123 cm³/mol. The van der Waals surface area contributed by atoms with Crippen LogP contribution in [0.1, 0.15) is 82.3 Å². The van der Waals surface area contributed by atoms with Gasteiger partial charge in [0.2, 0.25) is 0 Å². The summed E-state index contributed by atoms with van der Waals surface area (Å²) < 4.78 is 0. The molecule has 0 spiro atoms. The van der Waals surface area contributed by atoms with Gasteiger partial charge in [-0.15, -0.1) is 0 Å². The first-order chi connectivity index (χ1) is 14.3. The molecule has 0 fully saturated rings. The standard InChI is InChI=1S/C18H30O.C8H7NO/c1-2-3-4-5-6-7-8-9-10-11-14-17-15-12-13-16-18(17)19;1-2-4-8-7(3-1)5-6-9-10-8/h12-13,15-16,19H,2-11,14H2,1H3;1-6,9H. The van der Waals surface area contributed by atoms with E-state index in [9.17, 15) is 5.11 Å². The molecule has 3 heteroatoms. The molecule has 0 unspecified atom stereocenters. The van der Waals surface area contributed by atoms with E-state index in [4.69, 9.17) is 4.84 Å². The van der Waals surface area contributed by atoms with Crippen LogP contribution in [0.15, 0.2) is 54.7 Å². The van der Waals surface area contributed by atoms with Crippen molar-refractivity contribution < 1.29 is 9.94 Å². The van der Waals surface area contributed by atoms with Gasteiger partial charge >= 0.3 is 0 Å². The van der Waals surface area contributed by atoms with Gasteiger partial charge in [0.25, 0.3) is 0 Å². The lowest BCUT2D eigenvalue weighted by Gasteiger charge is -2.11. The molecule has 2 aromatic carbocycles. The average Bonchev–Trinajstić information content (AvgIpc) is 2.77. The Morgan fingerprint density at radius 3 is 2.07 bits per heavy atom. The Bertz CT molecular complexity index is 711. The Kier molecular flexibility index (Phi) is 11.5. The summed E-state index contributed by atoms with van der Waals surface area (Å²) >= 11 is 0. The van der Waals surface area contributed by atoms with E-state index in [0.717, 1.165) is 23.3 Å². The molecule has 1 aliphatic rings. The van der Waals surface area contributed by atoms with Crippen molar-refractivity contribution in [2.75, 3.05) is 0 Å². The van der Waals surface area contributed by atoms with E-state index in [2.05, 4.69) is 12.4 Å². The zero-order valence-corrected chi connectivity index (χ0v) is 17.9. The quantitative estimate of drug-likeness (QED) is 0.389. The largest absolute Gasteiger partial charge is 0.508 e. The van der Waals surface area contributed by atoms with Gasteiger partial charge in [-0.3, -0.25) is 0 Å². The summed E-state index contributed by atoms with van der Waals surface area (Å²) in [7, 11) is 0. The number of phenolic OH excluding ortho intramolecular Hbond substituents is 1. The summed E-state index contributed by atoms with van der Waals surface area (Å²) in [4.78, 5) is 5.09. The molecule has 2 N–H and O–H groups in total. The van der Waals surface area contributed by atoms with E-state index in [1.54, 1.807) is 12.3 Å². The zero-order valence-electron chi connectivity index (χ0n) is 17.9. The lowest BCUT2D eigenvalue weighted by atomic mass is 10.0. The number of aromatic hydroxyl groups is 1. The first-order valence-corrected chi connectivity index (χ1v) is 11.3. The first-order valence-electron chi connectivity index (χ1n) is 11.3. The third-order valence-electron chi connectivity index (χ3n) is 5.21. The monoisotopic (exact) mass is 395 g/mol. The molecule has 0 radical (unpaired) electrons. The second kappa shape index (κ2) is 14.6. The molecule has 0 saturated heterocycles. The second-order valence-corrected chi connectivity index (χ2v) is 7.65. The van der Waals surface area contributed by atoms with E-state index in [1.807, 2.05) is 48.5 Å². The fourth-order valence-corrected chi connectivity index (χ4v) is 3.46. The number of hydroxylamine groups is 1. The number of benzene rings is 2. The van der Waals surface area contributed by atoms with Crippen LogP contribution in [0.3, 0.4) is 0 Å². The van der Waals surface area contributed by atoms with Crippen molar-refractivity contribution in [3.63, 3.8) is 0 Å². The van der Waals surface area contributed by atoms with Crippen molar-refractivity contribution in [1.29, 1.82) is 0 Å². The number of rotatable bonds is 11. The van der Waals surface area contributed by atoms with Gasteiger partial charge in [-0.05, 0) is 36.6 Å². The lowest BCUT2D eigenvalue weighted by Crippen LogP contribution is -2.13. The number of phenols is 1. The Morgan fingerprint density at radius 2 is 1.38 bits per heavy atom. The molecule has 0 aliphatic carbocycles. The number of para-hydroxylation sites is 2. The van der Waals surface area contributed by atoms with Crippen LogP contribution in [0.2, 0.25) is 0 Å². The van der Waals surface area contributed by atoms with Crippen LogP contribution in [0.25, 0.3) is 6.08 Å². The molecule has 158 valence electrons. The summed E-state index contributed by atoms with van der Waals surface area (Å²) in [5.74, 6) is 1.34. The van der Waals surface area contributed by atoms with Crippen LogP contribution in [0, 0.1) is 0 Å². The Labute approximate surface area is 176 Å². The highest BCUT2D eigenvalue weighted by Gasteiger charge is 2.01. The molecular weight excluding hydrogens is 358 g/mol. The molecule has 3 rings (SSSR count). The molecule has 0 saturated carbocycles. The van der Waals surface area contributed by atoms with E-state index < -0.39 is 0 Å². The minimum Gasteiger partial charge on any atom is -0.508 e. The Balaban J connectivity index is 0.000000248. The average molecular weight is 396 g/mol. The normalized spacial score (nSPS) is 11.6.